The fraction of sp³-hybridized carbons (Fsp3) is 0.0556. The summed E-state index contributed by atoms with van der Waals surface area (Å²) in [5.41, 5.74) is 6.73. The molecule has 2 aromatic carbocycles. The molecule has 0 aliphatic heterocycles. The van der Waals surface area contributed by atoms with Crippen LogP contribution >= 0.6 is 11.6 Å². The Morgan fingerprint density at radius 2 is 1.84 bits per heavy atom. The highest BCUT2D eigenvalue weighted by atomic mass is 35.5. The number of hydrogen-bond donors (Lipinski definition) is 2. The minimum atomic E-state index is -0.751. The summed E-state index contributed by atoms with van der Waals surface area (Å²) in [6.45, 7) is 1.24. The SMILES string of the molecule is CC(=O)N(C(=O)/C(C#N)=C\Nc1ccccc1Cl)c1ccc(N)cc1. The Hall–Kier alpha value is -3.30. The van der Waals surface area contributed by atoms with E-state index >= 15 is 0 Å². The van der Waals surface area contributed by atoms with Crippen LogP contribution in [0, 0.1) is 11.3 Å². The van der Waals surface area contributed by atoms with Gasteiger partial charge in [-0.25, -0.2) is 4.90 Å². The van der Waals surface area contributed by atoms with E-state index in [1.807, 2.05) is 0 Å². The number of halogens is 1. The molecule has 0 radical (unpaired) electrons. The Labute approximate surface area is 150 Å². The highest BCUT2D eigenvalue weighted by Gasteiger charge is 2.23. The van der Waals surface area contributed by atoms with Gasteiger partial charge in [0.2, 0.25) is 5.91 Å². The lowest BCUT2D eigenvalue weighted by Crippen LogP contribution is -2.36. The fourth-order valence-corrected chi connectivity index (χ4v) is 2.25. The van der Waals surface area contributed by atoms with Gasteiger partial charge in [0.1, 0.15) is 11.6 Å². The monoisotopic (exact) mass is 354 g/mol. The molecule has 0 aromatic heterocycles. The number of rotatable bonds is 4. The molecule has 2 rings (SSSR count). The van der Waals surface area contributed by atoms with Crippen molar-refractivity contribution in [3.8, 4) is 6.07 Å². The number of benzene rings is 2. The van der Waals surface area contributed by atoms with E-state index in [2.05, 4.69) is 5.32 Å². The van der Waals surface area contributed by atoms with Gasteiger partial charge in [-0.15, -0.1) is 0 Å². The molecule has 0 saturated heterocycles. The maximum absolute atomic E-state index is 12.6. The Morgan fingerprint density at radius 1 is 1.20 bits per heavy atom. The van der Waals surface area contributed by atoms with Crippen LogP contribution in [-0.2, 0) is 9.59 Å². The molecule has 0 aliphatic carbocycles. The van der Waals surface area contributed by atoms with E-state index in [1.165, 1.54) is 25.3 Å². The van der Waals surface area contributed by atoms with Crippen molar-refractivity contribution in [3.05, 3.63) is 65.3 Å². The third-order valence-electron chi connectivity index (χ3n) is 3.27. The quantitative estimate of drug-likeness (QED) is 0.498. The van der Waals surface area contributed by atoms with Crippen molar-refractivity contribution in [2.24, 2.45) is 0 Å². The van der Waals surface area contributed by atoms with Gasteiger partial charge < -0.3 is 11.1 Å². The minimum absolute atomic E-state index is 0.244. The van der Waals surface area contributed by atoms with Crippen LogP contribution in [-0.4, -0.2) is 11.8 Å². The fourth-order valence-electron chi connectivity index (χ4n) is 2.06. The first kappa shape index (κ1) is 18.0. The van der Waals surface area contributed by atoms with Gasteiger partial charge >= 0.3 is 0 Å². The maximum Gasteiger partial charge on any atom is 0.277 e. The zero-order valence-electron chi connectivity index (χ0n) is 13.4. The molecule has 2 aromatic rings. The standard InChI is InChI=1S/C18H15ClN4O2/c1-12(24)23(15-8-6-14(21)7-9-15)18(25)13(10-20)11-22-17-5-3-2-4-16(17)19/h2-9,11,22H,21H2,1H3/b13-11-. The van der Waals surface area contributed by atoms with Gasteiger partial charge in [0.15, 0.2) is 0 Å². The number of anilines is 3. The molecule has 126 valence electrons. The van der Waals surface area contributed by atoms with Crippen LogP contribution in [0.5, 0.6) is 0 Å². The van der Waals surface area contributed by atoms with Crippen LogP contribution in [0.2, 0.25) is 5.02 Å². The van der Waals surface area contributed by atoms with Gasteiger partial charge in [-0.2, -0.15) is 5.26 Å². The summed E-state index contributed by atoms with van der Waals surface area (Å²) in [4.78, 5) is 25.4. The molecule has 0 bridgehead atoms. The van der Waals surface area contributed by atoms with Crippen molar-refractivity contribution in [2.45, 2.75) is 6.92 Å². The van der Waals surface area contributed by atoms with Crippen LogP contribution < -0.4 is 16.0 Å². The van der Waals surface area contributed by atoms with Crippen molar-refractivity contribution in [2.75, 3.05) is 16.0 Å². The lowest BCUT2D eigenvalue weighted by Gasteiger charge is -2.19. The predicted octanol–water partition coefficient (Wildman–Crippen LogP) is 3.32. The third kappa shape index (κ3) is 4.37. The number of nitrogen functional groups attached to an aromatic ring is 1. The van der Waals surface area contributed by atoms with E-state index in [1.54, 1.807) is 42.5 Å². The molecule has 0 saturated carbocycles. The largest absolute Gasteiger partial charge is 0.399 e. The third-order valence-corrected chi connectivity index (χ3v) is 3.60. The number of nitrogens with one attached hydrogen (secondary N) is 1. The number of nitriles is 1. The number of imide groups is 1. The normalized spacial score (nSPS) is 10.7. The molecule has 25 heavy (non-hydrogen) atoms. The van der Waals surface area contributed by atoms with E-state index in [4.69, 9.17) is 17.3 Å². The number of nitrogens with two attached hydrogens (primary N) is 1. The Morgan fingerprint density at radius 3 is 2.40 bits per heavy atom. The number of nitrogens with zero attached hydrogens (tertiary/aromatic N) is 2. The lowest BCUT2D eigenvalue weighted by molar-refractivity contribution is -0.123. The number of para-hydroxylation sites is 1. The average molecular weight is 355 g/mol. The van der Waals surface area contributed by atoms with Crippen molar-refractivity contribution in [3.63, 3.8) is 0 Å². The summed E-state index contributed by atoms with van der Waals surface area (Å²) >= 11 is 6.02. The van der Waals surface area contributed by atoms with Crippen LogP contribution in [0.15, 0.2) is 60.3 Å². The van der Waals surface area contributed by atoms with E-state index in [9.17, 15) is 14.9 Å². The minimum Gasteiger partial charge on any atom is -0.399 e. The second-order valence-corrected chi connectivity index (χ2v) is 5.45. The zero-order valence-corrected chi connectivity index (χ0v) is 14.1. The van der Waals surface area contributed by atoms with Gasteiger partial charge in [0, 0.05) is 18.8 Å². The molecule has 0 aliphatic rings. The number of carbonyl (C=O) groups is 2. The molecule has 7 heteroatoms. The highest BCUT2D eigenvalue weighted by Crippen LogP contribution is 2.22. The molecule has 0 atom stereocenters. The van der Waals surface area contributed by atoms with Gasteiger partial charge in [-0.05, 0) is 36.4 Å². The van der Waals surface area contributed by atoms with E-state index in [0.29, 0.717) is 22.1 Å². The van der Waals surface area contributed by atoms with Gasteiger partial charge in [-0.3, -0.25) is 9.59 Å². The van der Waals surface area contributed by atoms with Crippen LogP contribution in [0.1, 0.15) is 6.92 Å². The molecule has 3 N–H and O–H groups in total. The van der Waals surface area contributed by atoms with Crippen LogP contribution in [0.3, 0.4) is 0 Å². The topological polar surface area (TPSA) is 99.2 Å². The van der Waals surface area contributed by atoms with Gasteiger partial charge in [-0.1, -0.05) is 23.7 Å². The van der Waals surface area contributed by atoms with Crippen LogP contribution in [0.25, 0.3) is 0 Å². The highest BCUT2D eigenvalue weighted by molar-refractivity contribution is 6.33. The Bertz CT molecular complexity index is 869. The summed E-state index contributed by atoms with van der Waals surface area (Å²) < 4.78 is 0. The summed E-state index contributed by atoms with van der Waals surface area (Å²) in [5.74, 6) is -1.27. The predicted molar refractivity (Wildman–Crippen MR) is 97.8 cm³/mol. The first-order valence-corrected chi connectivity index (χ1v) is 7.63. The number of amides is 2. The van der Waals surface area contributed by atoms with Gasteiger partial charge in [0.25, 0.3) is 5.91 Å². The maximum atomic E-state index is 12.6. The molecule has 0 fully saturated rings. The Kier molecular flexibility index (Phi) is 5.77. The molecule has 0 heterocycles. The van der Waals surface area contributed by atoms with Crippen molar-refractivity contribution in [1.29, 1.82) is 5.26 Å². The smallest absolute Gasteiger partial charge is 0.277 e. The second kappa shape index (κ2) is 7.99. The summed E-state index contributed by atoms with van der Waals surface area (Å²) in [6, 6.07) is 14.9. The summed E-state index contributed by atoms with van der Waals surface area (Å²) in [7, 11) is 0. The van der Waals surface area contributed by atoms with E-state index < -0.39 is 11.8 Å². The first-order chi connectivity index (χ1) is 11.9. The molecule has 2 amide bonds. The van der Waals surface area contributed by atoms with Gasteiger partial charge in [0.05, 0.1) is 16.4 Å². The van der Waals surface area contributed by atoms with Crippen molar-refractivity contribution < 1.29 is 9.59 Å². The number of carbonyl (C=O) groups excluding carboxylic acids is 2. The molecular weight excluding hydrogens is 340 g/mol. The zero-order chi connectivity index (χ0) is 18.4. The Balaban J connectivity index is 2.31. The first-order valence-electron chi connectivity index (χ1n) is 7.26. The molecule has 0 spiro atoms. The molecule has 6 nitrogen and oxygen atoms in total. The number of hydrogen-bond acceptors (Lipinski definition) is 5. The molecular formula is C18H15ClN4O2. The van der Waals surface area contributed by atoms with Crippen molar-refractivity contribution >= 4 is 40.5 Å². The van der Waals surface area contributed by atoms with Crippen LogP contribution in [0.4, 0.5) is 17.1 Å². The van der Waals surface area contributed by atoms with E-state index in [-0.39, 0.29) is 5.57 Å². The van der Waals surface area contributed by atoms with E-state index in [0.717, 1.165) is 4.90 Å². The lowest BCUT2D eigenvalue weighted by atomic mass is 10.2. The average Bonchev–Trinajstić information content (AvgIpc) is 2.58. The molecule has 0 unspecified atom stereocenters. The second-order valence-electron chi connectivity index (χ2n) is 5.05. The van der Waals surface area contributed by atoms with Crippen molar-refractivity contribution in [1.82, 2.24) is 0 Å². The summed E-state index contributed by atoms with van der Waals surface area (Å²) in [5, 5.41) is 12.5. The summed E-state index contributed by atoms with van der Waals surface area (Å²) in [6.07, 6.45) is 1.22.